The summed E-state index contributed by atoms with van der Waals surface area (Å²) < 4.78 is 0. The Morgan fingerprint density at radius 1 is 1.14 bits per heavy atom. The van der Waals surface area contributed by atoms with Crippen LogP contribution in [0, 0.1) is 6.92 Å². The maximum absolute atomic E-state index is 5.66. The van der Waals surface area contributed by atoms with Crippen molar-refractivity contribution in [2.45, 2.75) is 13.3 Å². The second kappa shape index (κ2) is 6.05. The van der Waals surface area contributed by atoms with Crippen LogP contribution in [0.1, 0.15) is 11.1 Å². The van der Waals surface area contributed by atoms with Crippen LogP contribution >= 0.6 is 11.6 Å². The largest absolute Gasteiger partial charge is 0.305 e. The van der Waals surface area contributed by atoms with E-state index in [1.165, 1.54) is 11.1 Å². The third-order valence-electron chi connectivity index (χ3n) is 2.37. The van der Waals surface area contributed by atoms with Gasteiger partial charge in [0.15, 0.2) is 0 Å². The van der Waals surface area contributed by atoms with Gasteiger partial charge in [0.05, 0.1) is 0 Å². The topological polar surface area (TPSA) is 3.24 Å². The zero-order chi connectivity index (χ0) is 10.4. The Morgan fingerprint density at radius 3 is 2.36 bits per heavy atom. The molecule has 0 saturated carbocycles. The number of hydrogen-bond donors (Lipinski definition) is 0. The van der Waals surface area contributed by atoms with Gasteiger partial charge in [-0.1, -0.05) is 29.8 Å². The lowest BCUT2D eigenvalue weighted by Crippen LogP contribution is -2.23. The smallest absolute Gasteiger partial charge is 0.0351 e. The van der Waals surface area contributed by atoms with Gasteiger partial charge in [0, 0.05) is 19.0 Å². The average Bonchev–Trinajstić information content (AvgIpc) is 2.17. The van der Waals surface area contributed by atoms with Crippen LogP contribution in [0.25, 0.3) is 0 Å². The Labute approximate surface area is 91.7 Å². The predicted molar refractivity (Wildman–Crippen MR) is 63.1 cm³/mol. The van der Waals surface area contributed by atoms with Crippen molar-refractivity contribution in [2.24, 2.45) is 0 Å². The molecule has 0 fully saturated rings. The first-order valence-electron chi connectivity index (χ1n) is 5.02. The molecule has 0 spiro atoms. The van der Waals surface area contributed by atoms with E-state index in [0.717, 1.165) is 19.5 Å². The average molecular weight is 212 g/mol. The molecule has 1 nitrogen and oxygen atoms in total. The van der Waals surface area contributed by atoms with E-state index in [4.69, 9.17) is 11.6 Å². The molecule has 0 aliphatic rings. The van der Waals surface area contributed by atoms with Gasteiger partial charge in [0.2, 0.25) is 0 Å². The fraction of sp³-hybridized carbons (Fsp3) is 0.500. The van der Waals surface area contributed by atoms with Gasteiger partial charge in [0.25, 0.3) is 0 Å². The predicted octanol–water partition coefficient (Wildman–Crippen LogP) is 2.71. The Bertz CT molecular complexity index is 256. The van der Waals surface area contributed by atoms with Gasteiger partial charge < -0.3 is 4.90 Å². The monoisotopic (exact) mass is 211 g/mol. The van der Waals surface area contributed by atoms with Crippen LogP contribution in [0.3, 0.4) is 0 Å². The number of halogens is 1. The third kappa shape index (κ3) is 4.12. The Hall–Kier alpha value is -0.530. The highest BCUT2D eigenvalue weighted by Gasteiger charge is 1.97. The first kappa shape index (κ1) is 11.5. The minimum atomic E-state index is 0.713. The SMILES string of the molecule is Cc1ccc(CCN(C)CCCl)cc1. The highest BCUT2D eigenvalue weighted by molar-refractivity contribution is 6.18. The van der Waals surface area contributed by atoms with Crippen molar-refractivity contribution in [3.63, 3.8) is 0 Å². The molecule has 0 aliphatic heterocycles. The summed E-state index contributed by atoms with van der Waals surface area (Å²) in [6, 6.07) is 8.72. The number of benzene rings is 1. The lowest BCUT2D eigenvalue weighted by molar-refractivity contribution is 0.359. The van der Waals surface area contributed by atoms with Crippen molar-refractivity contribution in [2.75, 3.05) is 26.0 Å². The van der Waals surface area contributed by atoms with Crippen LogP contribution in [0.5, 0.6) is 0 Å². The summed E-state index contributed by atoms with van der Waals surface area (Å²) in [5.74, 6) is 0.713. The first-order chi connectivity index (χ1) is 6.72. The Morgan fingerprint density at radius 2 is 1.79 bits per heavy atom. The normalized spacial score (nSPS) is 10.9. The maximum atomic E-state index is 5.66. The van der Waals surface area contributed by atoms with Gasteiger partial charge in [-0.25, -0.2) is 0 Å². The van der Waals surface area contributed by atoms with Crippen LogP contribution < -0.4 is 0 Å². The summed E-state index contributed by atoms with van der Waals surface area (Å²) in [5, 5.41) is 0. The van der Waals surface area contributed by atoms with Crippen LogP contribution in [-0.4, -0.2) is 30.9 Å². The molecular weight excluding hydrogens is 194 g/mol. The van der Waals surface area contributed by atoms with E-state index in [2.05, 4.69) is 43.1 Å². The van der Waals surface area contributed by atoms with E-state index in [0.29, 0.717) is 5.88 Å². The standard InChI is InChI=1S/C12H18ClN/c1-11-3-5-12(6-4-11)7-9-14(2)10-8-13/h3-6H,7-10H2,1-2H3. The second-order valence-electron chi connectivity index (χ2n) is 3.73. The minimum Gasteiger partial charge on any atom is -0.305 e. The van der Waals surface area contributed by atoms with Gasteiger partial charge in [-0.15, -0.1) is 11.6 Å². The Kier molecular flexibility index (Phi) is 4.99. The molecule has 0 atom stereocenters. The van der Waals surface area contributed by atoms with Crippen molar-refractivity contribution < 1.29 is 0 Å². The molecule has 0 bridgehead atoms. The molecule has 2 heteroatoms. The van der Waals surface area contributed by atoms with E-state index in [9.17, 15) is 0 Å². The first-order valence-corrected chi connectivity index (χ1v) is 5.56. The van der Waals surface area contributed by atoms with E-state index < -0.39 is 0 Å². The van der Waals surface area contributed by atoms with E-state index in [-0.39, 0.29) is 0 Å². The number of rotatable bonds is 5. The highest BCUT2D eigenvalue weighted by atomic mass is 35.5. The lowest BCUT2D eigenvalue weighted by Gasteiger charge is -2.14. The number of likely N-dealkylation sites (N-methyl/N-ethyl adjacent to an activating group) is 1. The Balaban J connectivity index is 2.34. The number of aryl methyl sites for hydroxylation is 1. The zero-order valence-corrected chi connectivity index (χ0v) is 9.72. The van der Waals surface area contributed by atoms with Gasteiger partial charge >= 0.3 is 0 Å². The van der Waals surface area contributed by atoms with E-state index >= 15 is 0 Å². The molecule has 0 unspecified atom stereocenters. The maximum Gasteiger partial charge on any atom is 0.0351 e. The van der Waals surface area contributed by atoms with Crippen molar-refractivity contribution in [1.82, 2.24) is 4.90 Å². The van der Waals surface area contributed by atoms with Crippen molar-refractivity contribution >= 4 is 11.6 Å². The molecule has 0 radical (unpaired) electrons. The summed E-state index contributed by atoms with van der Waals surface area (Å²) in [6.07, 6.45) is 1.10. The molecule has 1 aromatic carbocycles. The summed E-state index contributed by atoms with van der Waals surface area (Å²) in [5.41, 5.74) is 2.72. The number of nitrogens with zero attached hydrogens (tertiary/aromatic N) is 1. The van der Waals surface area contributed by atoms with Crippen molar-refractivity contribution in [3.8, 4) is 0 Å². The molecule has 0 aliphatic carbocycles. The fourth-order valence-corrected chi connectivity index (χ4v) is 1.62. The molecule has 0 saturated heterocycles. The summed E-state index contributed by atoms with van der Waals surface area (Å²) in [7, 11) is 2.11. The highest BCUT2D eigenvalue weighted by Crippen LogP contribution is 2.04. The zero-order valence-electron chi connectivity index (χ0n) is 8.96. The van der Waals surface area contributed by atoms with Gasteiger partial charge in [-0.2, -0.15) is 0 Å². The third-order valence-corrected chi connectivity index (χ3v) is 2.54. The number of hydrogen-bond acceptors (Lipinski definition) is 1. The summed E-state index contributed by atoms with van der Waals surface area (Å²) in [6.45, 7) is 4.16. The van der Waals surface area contributed by atoms with Crippen LogP contribution in [-0.2, 0) is 6.42 Å². The molecule has 78 valence electrons. The van der Waals surface area contributed by atoms with E-state index in [1.807, 2.05) is 0 Å². The minimum absolute atomic E-state index is 0.713. The van der Waals surface area contributed by atoms with Gasteiger partial charge in [-0.3, -0.25) is 0 Å². The van der Waals surface area contributed by atoms with Crippen molar-refractivity contribution in [3.05, 3.63) is 35.4 Å². The molecule has 0 aromatic heterocycles. The molecule has 0 amide bonds. The molecule has 14 heavy (non-hydrogen) atoms. The molecular formula is C12H18ClN. The molecule has 0 N–H and O–H groups in total. The lowest BCUT2D eigenvalue weighted by atomic mass is 10.1. The number of alkyl halides is 1. The summed E-state index contributed by atoms with van der Waals surface area (Å²) in [4.78, 5) is 2.26. The summed E-state index contributed by atoms with van der Waals surface area (Å²) >= 11 is 5.66. The van der Waals surface area contributed by atoms with Crippen molar-refractivity contribution in [1.29, 1.82) is 0 Å². The molecule has 1 rings (SSSR count). The second-order valence-corrected chi connectivity index (χ2v) is 4.11. The van der Waals surface area contributed by atoms with Gasteiger partial charge in [0.1, 0.15) is 0 Å². The van der Waals surface area contributed by atoms with E-state index in [1.54, 1.807) is 0 Å². The van der Waals surface area contributed by atoms with Crippen LogP contribution in [0.2, 0.25) is 0 Å². The fourth-order valence-electron chi connectivity index (χ4n) is 1.33. The quantitative estimate of drug-likeness (QED) is 0.677. The van der Waals surface area contributed by atoms with Crippen LogP contribution in [0.4, 0.5) is 0 Å². The van der Waals surface area contributed by atoms with Gasteiger partial charge in [-0.05, 0) is 26.0 Å². The van der Waals surface area contributed by atoms with Crippen LogP contribution in [0.15, 0.2) is 24.3 Å². The molecule has 0 heterocycles. The molecule has 1 aromatic rings.